The number of hydrogen-bond donors (Lipinski definition) is 0. The maximum atomic E-state index is 6.15. The normalized spacial score (nSPS) is 10.9. The van der Waals surface area contributed by atoms with Crippen molar-refractivity contribution in [2.45, 2.75) is 6.92 Å². The van der Waals surface area contributed by atoms with Crippen molar-refractivity contribution in [3.63, 3.8) is 0 Å². The monoisotopic (exact) mass is 274 g/mol. The van der Waals surface area contributed by atoms with Crippen molar-refractivity contribution in [2.75, 3.05) is 7.11 Å². The molecule has 0 spiro atoms. The zero-order chi connectivity index (χ0) is 13.4. The average molecular weight is 275 g/mol. The highest BCUT2D eigenvalue weighted by Gasteiger charge is 2.13. The summed E-state index contributed by atoms with van der Waals surface area (Å²) < 4.78 is 7.08. The summed E-state index contributed by atoms with van der Waals surface area (Å²) in [6.45, 7) is 1.91. The van der Waals surface area contributed by atoms with Crippen LogP contribution in [0.25, 0.3) is 16.9 Å². The van der Waals surface area contributed by atoms with E-state index in [1.807, 2.05) is 35.8 Å². The Labute approximate surface area is 114 Å². The molecule has 0 aliphatic carbocycles. The van der Waals surface area contributed by atoms with Crippen LogP contribution in [0.1, 0.15) is 5.82 Å². The van der Waals surface area contributed by atoms with E-state index in [0.717, 1.165) is 17.3 Å². The topological polar surface area (TPSA) is 52.8 Å². The quantitative estimate of drug-likeness (QED) is 0.674. The minimum Gasteiger partial charge on any atom is -0.497 e. The molecule has 0 saturated heterocycles. The van der Waals surface area contributed by atoms with Gasteiger partial charge in [0.05, 0.1) is 7.11 Å². The van der Waals surface area contributed by atoms with Crippen LogP contribution in [0.5, 0.6) is 5.75 Å². The van der Waals surface area contributed by atoms with E-state index in [4.69, 9.17) is 16.3 Å². The van der Waals surface area contributed by atoms with Gasteiger partial charge in [0, 0.05) is 5.69 Å². The Morgan fingerprint density at radius 2 is 1.89 bits per heavy atom. The summed E-state index contributed by atoms with van der Waals surface area (Å²) in [6.07, 6.45) is 1.41. The van der Waals surface area contributed by atoms with Gasteiger partial charge in [0.1, 0.15) is 23.4 Å². The highest BCUT2D eigenvalue weighted by atomic mass is 35.5. The first-order chi connectivity index (χ1) is 9.20. The Hall–Kier alpha value is -2.14. The van der Waals surface area contributed by atoms with Gasteiger partial charge in [-0.2, -0.15) is 0 Å². The third kappa shape index (κ3) is 1.92. The van der Waals surface area contributed by atoms with E-state index >= 15 is 0 Å². The molecule has 0 N–H and O–H groups in total. The molecule has 3 rings (SSSR count). The average Bonchev–Trinajstić information content (AvgIpc) is 2.76. The molecule has 0 aliphatic heterocycles. The number of ether oxygens (including phenoxy) is 1. The summed E-state index contributed by atoms with van der Waals surface area (Å²) in [5.41, 5.74) is 2.25. The summed E-state index contributed by atoms with van der Waals surface area (Å²) in [7, 11) is 1.64. The number of aromatic nitrogens is 4. The van der Waals surface area contributed by atoms with E-state index in [1.54, 1.807) is 7.11 Å². The van der Waals surface area contributed by atoms with Gasteiger partial charge in [-0.05, 0) is 31.2 Å². The Morgan fingerprint density at radius 3 is 2.58 bits per heavy atom. The van der Waals surface area contributed by atoms with Gasteiger partial charge in [0.2, 0.25) is 0 Å². The zero-order valence-electron chi connectivity index (χ0n) is 10.5. The lowest BCUT2D eigenvalue weighted by molar-refractivity contribution is 0.415. The van der Waals surface area contributed by atoms with Crippen molar-refractivity contribution in [3.05, 3.63) is 41.6 Å². The number of hydrogen-bond acceptors (Lipinski definition) is 4. The van der Waals surface area contributed by atoms with Crippen LogP contribution in [-0.2, 0) is 0 Å². The molecule has 0 atom stereocenters. The minimum absolute atomic E-state index is 0.390. The molecule has 0 saturated carbocycles. The van der Waals surface area contributed by atoms with Crippen molar-refractivity contribution < 1.29 is 4.74 Å². The number of aryl methyl sites for hydroxylation is 1. The first-order valence-electron chi connectivity index (χ1n) is 5.70. The van der Waals surface area contributed by atoms with Crippen LogP contribution in [-0.4, -0.2) is 26.6 Å². The van der Waals surface area contributed by atoms with Crippen LogP contribution in [0.15, 0.2) is 30.6 Å². The van der Waals surface area contributed by atoms with Gasteiger partial charge < -0.3 is 4.74 Å². The highest BCUT2D eigenvalue weighted by molar-refractivity contribution is 6.33. The molecule has 2 heterocycles. The van der Waals surface area contributed by atoms with Crippen LogP contribution >= 0.6 is 11.6 Å². The van der Waals surface area contributed by atoms with Crippen LogP contribution < -0.4 is 4.74 Å². The summed E-state index contributed by atoms with van der Waals surface area (Å²) in [6, 6.07) is 7.66. The standard InChI is InChI=1S/C13H11ClN4O/c1-8-17-13-11(12(14)15-7-16-13)18(8)9-3-5-10(19-2)6-4-9/h3-7H,1-2H3. The van der Waals surface area contributed by atoms with E-state index in [9.17, 15) is 0 Å². The second kappa shape index (κ2) is 4.51. The van der Waals surface area contributed by atoms with Gasteiger partial charge in [-0.1, -0.05) is 11.6 Å². The first kappa shape index (κ1) is 11.9. The second-order valence-corrected chi connectivity index (χ2v) is 4.39. The van der Waals surface area contributed by atoms with Crippen molar-refractivity contribution >= 4 is 22.8 Å². The SMILES string of the molecule is COc1ccc(-n2c(C)nc3ncnc(Cl)c32)cc1. The molecular weight excluding hydrogens is 264 g/mol. The molecule has 5 nitrogen and oxygen atoms in total. The van der Waals surface area contributed by atoms with Gasteiger partial charge in [0.15, 0.2) is 10.8 Å². The van der Waals surface area contributed by atoms with Crippen LogP contribution in [0, 0.1) is 6.92 Å². The van der Waals surface area contributed by atoms with Gasteiger partial charge in [-0.3, -0.25) is 4.57 Å². The molecule has 0 aliphatic rings. The third-order valence-electron chi connectivity index (χ3n) is 2.90. The lowest BCUT2D eigenvalue weighted by atomic mass is 10.3. The highest BCUT2D eigenvalue weighted by Crippen LogP contribution is 2.25. The van der Waals surface area contributed by atoms with Crippen molar-refractivity contribution in [2.24, 2.45) is 0 Å². The number of imidazole rings is 1. The molecule has 0 fully saturated rings. The van der Waals surface area contributed by atoms with E-state index in [2.05, 4.69) is 15.0 Å². The van der Waals surface area contributed by atoms with Gasteiger partial charge >= 0.3 is 0 Å². The molecule has 2 aromatic heterocycles. The molecule has 0 radical (unpaired) electrons. The molecule has 19 heavy (non-hydrogen) atoms. The van der Waals surface area contributed by atoms with Crippen molar-refractivity contribution in [1.29, 1.82) is 0 Å². The van der Waals surface area contributed by atoms with Crippen molar-refractivity contribution in [1.82, 2.24) is 19.5 Å². The van der Waals surface area contributed by atoms with E-state index in [1.165, 1.54) is 6.33 Å². The zero-order valence-corrected chi connectivity index (χ0v) is 11.2. The molecule has 3 aromatic rings. The fourth-order valence-electron chi connectivity index (χ4n) is 2.04. The summed E-state index contributed by atoms with van der Waals surface area (Å²) in [5, 5.41) is 0.390. The Kier molecular flexibility index (Phi) is 2.83. The Morgan fingerprint density at radius 1 is 1.16 bits per heavy atom. The molecule has 0 amide bonds. The predicted octanol–water partition coefficient (Wildman–Crippen LogP) is 2.79. The third-order valence-corrected chi connectivity index (χ3v) is 3.18. The Balaban J connectivity index is 2.26. The number of nitrogens with zero attached hydrogens (tertiary/aromatic N) is 4. The lowest BCUT2D eigenvalue weighted by Gasteiger charge is -2.08. The maximum absolute atomic E-state index is 6.15. The molecule has 1 aromatic carbocycles. The molecule has 6 heteroatoms. The molecule has 96 valence electrons. The molecule has 0 unspecified atom stereocenters. The summed E-state index contributed by atoms with van der Waals surface area (Å²) in [4.78, 5) is 12.5. The lowest BCUT2D eigenvalue weighted by Crippen LogP contribution is -1.98. The Bertz CT molecular complexity index is 736. The molecule has 0 bridgehead atoms. The second-order valence-electron chi connectivity index (χ2n) is 4.03. The van der Waals surface area contributed by atoms with E-state index in [0.29, 0.717) is 16.3 Å². The molecular formula is C13H11ClN4O. The first-order valence-corrected chi connectivity index (χ1v) is 6.08. The van der Waals surface area contributed by atoms with Gasteiger partial charge in [-0.15, -0.1) is 0 Å². The number of halogens is 1. The van der Waals surface area contributed by atoms with E-state index in [-0.39, 0.29) is 0 Å². The number of fused-ring (bicyclic) bond motifs is 1. The van der Waals surface area contributed by atoms with Crippen LogP contribution in [0.4, 0.5) is 0 Å². The fourth-order valence-corrected chi connectivity index (χ4v) is 2.25. The number of benzene rings is 1. The summed E-state index contributed by atoms with van der Waals surface area (Å²) >= 11 is 6.15. The smallest absolute Gasteiger partial charge is 0.182 e. The fraction of sp³-hybridized carbons (Fsp3) is 0.154. The van der Waals surface area contributed by atoms with Gasteiger partial charge in [-0.25, -0.2) is 15.0 Å². The largest absolute Gasteiger partial charge is 0.497 e. The predicted molar refractivity (Wildman–Crippen MR) is 73.0 cm³/mol. The van der Waals surface area contributed by atoms with E-state index < -0.39 is 0 Å². The summed E-state index contributed by atoms with van der Waals surface area (Å²) in [5.74, 6) is 1.61. The van der Waals surface area contributed by atoms with Gasteiger partial charge in [0.25, 0.3) is 0 Å². The minimum atomic E-state index is 0.390. The van der Waals surface area contributed by atoms with Crippen molar-refractivity contribution in [3.8, 4) is 11.4 Å². The number of rotatable bonds is 2. The maximum Gasteiger partial charge on any atom is 0.182 e. The number of methoxy groups -OCH3 is 1. The van der Waals surface area contributed by atoms with Crippen LogP contribution in [0.3, 0.4) is 0 Å². The van der Waals surface area contributed by atoms with Crippen LogP contribution in [0.2, 0.25) is 5.15 Å².